The first-order valence-electron chi connectivity index (χ1n) is 6.77. The average molecular weight is 325 g/mol. The predicted octanol–water partition coefficient (Wildman–Crippen LogP) is 2.74. The molecule has 1 aromatic heterocycles. The number of nitrogens with one attached hydrogen (secondary N) is 1. The molecule has 21 heavy (non-hydrogen) atoms. The first kappa shape index (κ1) is 14.5. The Balaban J connectivity index is 1.81. The lowest BCUT2D eigenvalue weighted by Crippen LogP contribution is -2.29. The Labute approximate surface area is 132 Å². The highest BCUT2D eigenvalue weighted by Crippen LogP contribution is 2.24. The molecule has 2 heterocycles. The van der Waals surface area contributed by atoms with Crippen LogP contribution in [0.2, 0.25) is 10.0 Å². The van der Waals surface area contributed by atoms with Crippen LogP contribution in [0.5, 0.6) is 0 Å². The van der Waals surface area contributed by atoms with Gasteiger partial charge in [0.25, 0.3) is 0 Å². The smallest absolute Gasteiger partial charge is 0.214 e. The number of carbonyl (C=O) groups is 1. The topological polar surface area (TPSA) is 59.8 Å². The summed E-state index contributed by atoms with van der Waals surface area (Å²) in [7, 11) is 0. The Bertz CT molecular complexity index is 665. The Kier molecular flexibility index (Phi) is 4.24. The van der Waals surface area contributed by atoms with Crippen molar-refractivity contribution >= 4 is 29.0 Å². The van der Waals surface area contributed by atoms with Crippen molar-refractivity contribution in [3.63, 3.8) is 0 Å². The molecule has 1 aliphatic heterocycles. The zero-order valence-electron chi connectivity index (χ0n) is 11.2. The molecular formula is C14H14Cl2N4O. The zero-order chi connectivity index (χ0) is 14.8. The lowest BCUT2D eigenvalue weighted by atomic mass is 10.1. The standard InChI is InChI=1S/C14H14Cl2N4O/c15-11-2-1-9(7-12(11)16)14(21)13-8-20(19-18-13)10-3-5-17-6-4-10/h1-2,7-8,10,17H,3-6H2. The van der Waals surface area contributed by atoms with E-state index in [4.69, 9.17) is 23.2 Å². The molecule has 0 radical (unpaired) electrons. The Morgan fingerprint density at radius 1 is 1.24 bits per heavy atom. The Morgan fingerprint density at radius 2 is 2.00 bits per heavy atom. The number of nitrogens with zero attached hydrogens (tertiary/aromatic N) is 3. The first-order chi connectivity index (χ1) is 10.1. The molecule has 0 unspecified atom stereocenters. The molecule has 0 bridgehead atoms. The quantitative estimate of drug-likeness (QED) is 0.882. The van der Waals surface area contributed by atoms with Crippen molar-refractivity contribution in [2.75, 3.05) is 13.1 Å². The van der Waals surface area contributed by atoms with E-state index >= 15 is 0 Å². The minimum absolute atomic E-state index is 0.200. The third kappa shape index (κ3) is 3.10. The van der Waals surface area contributed by atoms with E-state index in [1.54, 1.807) is 29.1 Å². The summed E-state index contributed by atoms with van der Waals surface area (Å²) in [6, 6.07) is 5.10. The molecule has 1 N–H and O–H groups in total. The van der Waals surface area contributed by atoms with E-state index in [1.807, 2.05) is 0 Å². The first-order valence-corrected chi connectivity index (χ1v) is 7.53. The second-order valence-electron chi connectivity index (χ2n) is 5.02. The van der Waals surface area contributed by atoms with Gasteiger partial charge in [0.15, 0.2) is 5.69 Å². The van der Waals surface area contributed by atoms with Gasteiger partial charge in [0, 0.05) is 5.56 Å². The van der Waals surface area contributed by atoms with Crippen LogP contribution < -0.4 is 5.32 Å². The lowest BCUT2D eigenvalue weighted by molar-refractivity contribution is 0.103. The van der Waals surface area contributed by atoms with Crippen LogP contribution in [0.3, 0.4) is 0 Å². The van der Waals surface area contributed by atoms with Crippen molar-refractivity contribution in [2.24, 2.45) is 0 Å². The van der Waals surface area contributed by atoms with E-state index in [1.165, 1.54) is 0 Å². The summed E-state index contributed by atoms with van der Waals surface area (Å²) in [6.07, 6.45) is 3.69. The van der Waals surface area contributed by atoms with Gasteiger partial charge in [-0.05, 0) is 44.1 Å². The van der Waals surface area contributed by atoms with Gasteiger partial charge in [0.2, 0.25) is 5.78 Å². The number of ketones is 1. The lowest BCUT2D eigenvalue weighted by Gasteiger charge is -2.22. The van der Waals surface area contributed by atoms with Gasteiger partial charge in [-0.3, -0.25) is 4.79 Å². The normalized spacial score (nSPS) is 16.1. The van der Waals surface area contributed by atoms with Gasteiger partial charge in [0.05, 0.1) is 22.3 Å². The van der Waals surface area contributed by atoms with Crippen molar-refractivity contribution in [1.29, 1.82) is 0 Å². The number of benzene rings is 1. The number of piperidine rings is 1. The predicted molar refractivity (Wildman–Crippen MR) is 81.1 cm³/mol. The Hall–Kier alpha value is -1.43. The summed E-state index contributed by atoms with van der Waals surface area (Å²) in [6.45, 7) is 1.92. The molecule has 0 atom stereocenters. The summed E-state index contributed by atoms with van der Waals surface area (Å²) >= 11 is 11.8. The third-order valence-electron chi connectivity index (χ3n) is 3.61. The van der Waals surface area contributed by atoms with Crippen molar-refractivity contribution in [2.45, 2.75) is 18.9 Å². The number of halogens is 2. The summed E-state index contributed by atoms with van der Waals surface area (Å²) in [5.74, 6) is -0.200. The van der Waals surface area contributed by atoms with E-state index in [9.17, 15) is 4.79 Å². The van der Waals surface area contributed by atoms with E-state index in [2.05, 4.69) is 15.6 Å². The number of aromatic nitrogens is 3. The molecule has 1 aliphatic rings. The molecule has 0 aliphatic carbocycles. The van der Waals surface area contributed by atoms with Crippen LogP contribution in [-0.2, 0) is 0 Å². The highest BCUT2D eigenvalue weighted by Gasteiger charge is 2.19. The van der Waals surface area contributed by atoms with Crippen LogP contribution in [-0.4, -0.2) is 33.9 Å². The van der Waals surface area contributed by atoms with E-state index in [-0.39, 0.29) is 5.78 Å². The minimum atomic E-state index is -0.200. The molecule has 3 rings (SSSR count). The maximum atomic E-state index is 12.4. The van der Waals surface area contributed by atoms with Gasteiger partial charge in [-0.25, -0.2) is 4.68 Å². The fourth-order valence-corrected chi connectivity index (χ4v) is 2.71. The van der Waals surface area contributed by atoms with Crippen LogP contribution in [0.25, 0.3) is 0 Å². The summed E-state index contributed by atoms with van der Waals surface area (Å²) in [5.41, 5.74) is 0.786. The molecule has 0 amide bonds. The SMILES string of the molecule is O=C(c1ccc(Cl)c(Cl)c1)c1cn(C2CCNCC2)nn1. The monoisotopic (exact) mass is 324 g/mol. The van der Waals surface area contributed by atoms with Gasteiger partial charge >= 0.3 is 0 Å². The Morgan fingerprint density at radius 3 is 2.71 bits per heavy atom. The van der Waals surface area contributed by atoms with Crippen LogP contribution >= 0.6 is 23.2 Å². The van der Waals surface area contributed by atoms with Gasteiger partial charge in [0.1, 0.15) is 0 Å². The number of hydrogen-bond donors (Lipinski definition) is 1. The van der Waals surface area contributed by atoms with Gasteiger partial charge in [-0.2, -0.15) is 0 Å². The maximum Gasteiger partial charge on any atom is 0.214 e. The van der Waals surface area contributed by atoms with E-state index in [0.717, 1.165) is 25.9 Å². The van der Waals surface area contributed by atoms with Crippen LogP contribution in [0.1, 0.15) is 34.9 Å². The second kappa shape index (κ2) is 6.13. The molecule has 5 nitrogen and oxygen atoms in total. The number of rotatable bonds is 3. The van der Waals surface area contributed by atoms with Gasteiger partial charge < -0.3 is 5.32 Å². The summed E-state index contributed by atoms with van der Waals surface area (Å²) in [5, 5.41) is 12.1. The largest absolute Gasteiger partial charge is 0.317 e. The van der Waals surface area contributed by atoms with Crippen molar-refractivity contribution < 1.29 is 4.79 Å². The second-order valence-corrected chi connectivity index (χ2v) is 5.84. The molecule has 0 spiro atoms. The molecule has 1 aromatic carbocycles. The summed E-state index contributed by atoms with van der Waals surface area (Å²) in [4.78, 5) is 12.4. The molecule has 110 valence electrons. The van der Waals surface area contributed by atoms with Crippen molar-refractivity contribution in [3.8, 4) is 0 Å². The summed E-state index contributed by atoms with van der Waals surface area (Å²) < 4.78 is 1.78. The minimum Gasteiger partial charge on any atom is -0.317 e. The van der Waals surface area contributed by atoms with Crippen LogP contribution in [0.4, 0.5) is 0 Å². The van der Waals surface area contributed by atoms with Crippen LogP contribution in [0, 0.1) is 0 Å². The average Bonchev–Trinajstić information content (AvgIpc) is 3.00. The van der Waals surface area contributed by atoms with E-state index in [0.29, 0.717) is 27.3 Å². The van der Waals surface area contributed by atoms with Gasteiger partial charge in [-0.15, -0.1) is 5.10 Å². The molecule has 1 saturated heterocycles. The van der Waals surface area contributed by atoms with Crippen molar-refractivity contribution in [3.05, 3.63) is 45.7 Å². The highest BCUT2D eigenvalue weighted by atomic mass is 35.5. The fourth-order valence-electron chi connectivity index (χ4n) is 2.42. The van der Waals surface area contributed by atoms with Crippen molar-refractivity contribution in [1.82, 2.24) is 20.3 Å². The van der Waals surface area contributed by atoms with Gasteiger partial charge in [-0.1, -0.05) is 28.4 Å². The molecule has 7 heteroatoms. The fraction of sp³-hybridized carbons (Fsp3) is 0.357. The molecule has 0 saturated carbocycles. The van der Waals surface area contributed by atoms with E-state index < -0.39 is 0 Å². The highest BCUT2D eigenvalue weighted by molar-refractivity contribution is 6.42. The third-order valence-corrected chi connectivity index (χ3v) is 4.35. The number of carbonyl (C=O) groups excluding carboxylic acids is 1. The van der Waals surface area contributed by atoms with Crippen LogP contribution in [0.15, 0.2) is 24.4 Å². The maximum absolute atomic E-state index is 12.4. The molecular weight excluding hydrogens is 311 g/mol. The number of hydrogen-bond acceptors (Lipinski definition) is 4. The zero-order valence-corrected chi connectivity index (χ0v) is 12.7. The molecule has 1 fully saturated rings. The molecule has 2 aromatic rings.